The number of anilines is 4. The zero-order chi connectivity index (χ0) is 14.0. The van der Waals surface area contributed by atoms with E-state index in [0.717, 1.165) is 15.9 Å². The number of nitrogens with zero attached hydrogens (tertiary/aromatic N) is 3. The Kier molecular flexibility index (Phi) is 3.84. The van der Waals surface area contributed by atoms with Crippen LogP contribution in [-0.2, 0) is 0 Å². The Morgan fingerprint density at radius 3 is 2.53 bits per heavy atom. The fourth-order valence-electron chi connectivity index (χ4n) is 1.66. The molecule has 100 valence electrons. The van der Waals surface area contributed by atoms with Gasteiger partial charge in [0.2, 0.25) is 5.95 Å². The average molecular weight is 323 g/mol. The standard InChI is InChI=1S/C12H15BrN6/c1-6(2)7-4-16-10(13)3-8(7)18-9-5-17-12(15)19-11(9)14/h3-6H,1-2H3,(H,16,18)(H4,14,15,17,19). The molecule has 0 aliphatic heterocycles. The topological polar surface area (TPSA) is 103 Å². The number of hydrogen-bond donors (Lipinski definition) is 3. The first kappa shape index (κ1) is 13.5. The van der Waals surface area contributed by atoms with E-state index in [1.54, 1.807) is 6.20 Å². The first-order valence-electron chi connectivity index (χ1n) is 5.78. The number of rotatable bonds is 3. The van der Waals surface area contributed by atoms with Crippen LogP contribution in [0.5, 0.6) is 0 Å². The van der Waals surface area contributed by atoms with Gasteiger partial charge in [0.1, 0.15) is 10.3 Å². The molecule has 19 heavy (non-hydrogen) atoms. The lowest BCUT2D eigenvalue weighted by molar-refractivity contribution is 0.859. The number of hydrogen-bond acceptors (Lipinski definition) is 6. The van der Waals surface area contributed by atoms with Crippen LogP contribution in [0.3, 0.4) is 0 Å². The monoisotopic (exact) mass is 322 g/mol. The van der Waals surface area contributed by atoms with Crippen LogP contribution in [0.1, 0.15) is 25.3 Å². The van der Waals surface area contributed by atoms with Gasteiger partial charge < -0.3 is 16.8 Å². The van der Waals surface area contributed by atoms with Crippen molar-refractivity contribution in [3.05, 3.63) is 28.6 Å². The Morgan fingerprint density at radius 1 is 1.16 bits per heavy atom. The molecule has 0 aliphatic rings. The summed E-state index contributed by atoms with van der Waals surface area (Å²) in [5, 5.41) is 3.21. The van der Waals surface area contributed by atoms with E-state index < -0.39 is 0 Å². The summed E-state index contributed by atoms with van der Waals surface area (Å²) >= 11 is 3.36. The van der Waals surface area contributed by atoms with E-state index >= 15 is 0 Å². The molecule has 0 saturated heterocycles. The molecular weight excluding hydrogens is 308 g/mol. The van der Waals surface area contributed by atoms with Gasteiger partial charge in [0.25, 0.3) is 0 Å². The zero-order valence-electron chi connectivity index (χ0n) is 10.7. The first-order chi connectivity index (χ1) is 8.97. The van der Waals surface area contributed by atoms with Crippen molar-refractivity contribution in [1.29, 1.82) is 0 Å². The molecule has 0 amide bonds. The normalized spacial score (nSPS) is 10.7. The third-order valence-corrected chi connectivity index (χ3v) is 3.06. The Balaban J connectivity index is 2.39. The van der Waals surface area contributed by atoms with E-state index in [0.29, 0.717) is 17.4 Å². The lowest BCUT2D eigenvalue weighted by Gasteiger charge is -2.15. The Bertz CT molecular complexity index is 599. The van der Waals surface area contributed by atoms with Crippen LogP contribution in [-0.4, -0.2) is 15.0 Å². The van der Waals surface area contributed by atoms with E-state index in [-0.39, 0.29) is 5.95 Å². The van der Waals surface area contributed by atoms with Gasteiger partial charge >= 0.3 is 0 Å². The predicted molar refractivity (Wildman–Crippen MR) is 80.2 cm³/mol. The van der Waals surface area contributed by atoms with Crippen molar-refractivity contribution < 1.29 is 0 Å². The van der Waals surface area contributed by atoms with Gasteiger partial charge in [0.15, 0.2) is 5.82 Å². The summed E-state index contributed by atoms with van der Waals surface area (Å²) in [5.41, 5.74) is 13.9. The minimum atomic E-state index is 0.156. The number of nitrogens with two attached hydrogens (primary N) is 2. The predicted octanol–water partition coefficient (Wildman–Crippen LogP) is 2.67. The van der Waals surface area contributed by atoms with Crippen molar-refractivity contribution in [3.8, 4) is 0 Å². The molecule has 0 spiro atoms. The molecule has 2 heterocycles. The zero-order valence-corrected chi connectivity index (χ0v) is 12.3. The number of nitrogens with one attached hydrogen (secondary N) is 1. The summed E-state index contributed by atoms with van der Waals surface area (Å²) in [6.45, 7) is 4.19. The molecule has 0 aromatic carbocycles. The van der Waals surface area contributed by atoms with E-state index in [1.807, 2.05) is 12.3 Å². The SMILES string of the molecule is CC(C)c1cnc(Br)cc1Nc1cnc(N)nc1N. The van der Waals surface area contributed by atoms with Crippen LogP contribution >= 0.6 is 15.9 Å². The van der Waals surface area contributed by atoms with Crippen molar-refractivity contribution in [3.63, 3.8) is 0 Å². The second-order valence-electron chi connectivity index (χ2n) is 4.40. The summed E-state index contributed by atoms with van der Waals surface area (Å²) < 4.78 is 0.745. The van der Waals surface area contributed by atoms with E-state index in [4.69, 9.17) is 11.5 Å². The second kappa shape index (κ2) is 5.40. The molecular formula is C12H15BrN6. The van der Waals surface area contributed by atoms with E-state index in [9.17, 15) is 0 Å². The lowest BCUT2D eigenvalue weighted by atomic mass is 10.0. The van der Waals surface area contributed by atoms with Crippen LogP contribution < -0.4 is 16.8 Å². The van der Waals surface area contributed by atoms with Gasteiger partial charge in [-0.1, -0.05) is 13.8 Å². The molecule has 0 unspecified atom stereocenters. The van der Waals surface area contributed by atoms with E-state index in [1.165, 1.54) is 0 Å². The molecule has 0 saturated carbocycles. The quantitative estimate of drug-likeness (QED) is 0.751. The van der Waals surface area contributed by atoms with Gasteiger partial charge in [-0.15, -0.1) is 0 Å². The van der Waals surface area contributed by atoms with Gasteiger partial charge in [0, 0.05) is 11.9 Å². The summed E-state index contributed by atoms with van der Waals surface area (Å²) in [5.74, 6) is 0.803. The molecule has 5 N–H and O–H groups in total. The molecule has 2 aromatic heterocycles. The molecule has 6 nitrogen and oxygen atoms in total. The van der Waals surface area contributed by atoms with Gasteiger partial charge in [-0.3, -0.25) is 0 Å². The maximum Gasteiger partial charge on any atom is 0.222 e. The number of aromatic nitrogens is 3. The third-order valence-electron chi connectivity index (χ3n) is 2.63. The maximum atomic E-state index is 5.81. The molecule has 2 aromatic rings. The van der Waals surface area contributed by atoms with Crippen molar-refractivity contribution >= 4 is 39.1 Å². The number of halogens is 1. The summed E-state index contributed by atoms with van der Waals surface area (Å²) in [6, 6.07) is 1.89. The van der Waals surface area contributed by atoms with Gasteiger partial charge in [-0.05, 0) is 33.5 Å². The van der Waals surface area contributed by atoms with Crippen LogP contribution in [0.25, 0.3) is 0 Å². The highest BCUT2D eigenvalue weighted by Gasteiger charge is 2.10. The Labute approximate surface area is 119 Å². The maximum absolute atomic E-state index is 5.81. The Hall–Kier alpha value is -1.89. The molecule has 0 radical (unpaired) electrons. The molecule has 7 heteroatoms. The van der Waals surface area contributed by atoms with Crippen LogP contribution in [0, 0.1) is 0 Å². The van der Waals surface area contributed by atoms with Gasteiger partial charge in [-0.25, -0.2) is 9.97 Å². The molecule has 2 rings (SSSR count). The first-order valence-corrected chi connectivity index (χ1v) is 6.57. The Morgan fingerprint density at radius 2 is 1.89 bits per heavy atom. The van der Waals surface area contributed by atoms with Crippen molar-refractivity contribution in [1.82, 2.24) is 15.0 Å². The highest BCUT2D eigenvalue weighted by Crippen LogP contribution is 2.30. The molecule has 0 fully saturated rings. The molecule has 0 atom stereocenters. The highest BCUT2D eigenvalue weighted by molar-refractivity contribution is 9.10. The van der Waals surface area contributed by atoms with Crippen molar-refractivity contribution in [2.75, 3.05) is 16.8 Å². The van der Waals surface area contributed by atoms with Crippen molar-refractivity contribution in [2.24, 2.45) is 0 Å². The van der Waals surface area contributed by atoms with Gasteiger partial charge in [0.05, 0.1) is 6.20 Å². The largest absolute Gasteiger partial charge is 0.382 e. The number of nitrogen functional groups attached to an aromatic ring is 2. The summed E-state index contributed by atoms with van der Waals surface area (Å²) in [7, 11) is 0. The van der Waals surface area contributed by atoms with Crippen LogP contribution in [0.2, 0.25) is 0 Å². The molecule has 0 bridgehead atoms. The van der Waals surface area contributed by atoms with Gasteiger partial charge in [-0.2, -0.15) is 4.98 Å². The second-order valence-corrected chi connectivity index (χ2v) is 5.21. The third kappa shape index (κ3) is 3.11. The van der Waals surface area contributed by atoms with Crippen molar-refractivity contribution in [2.45, 2.75) is 19.8 Å². The van der Waals surface area contributed by atoms with E-state index in [2.05, 4.69) is 50.0 Å². The average Bonchev–Trinajstić information content (AvgIpc) is 2.32. The minimum absolute atomic E-state index is 0.156. The molecule has 0 aliphatic carbocycles. The lowest BCUT2D eigenvalue weighted by Crippen LogP contribution is -2.05. The smallest absolute Gasteiger partial charge is 0.222 e. The highest BCUT2D eigenvalue weighted by atomic mass is 79.9. The summed E-state index contributed by atoms with van der Waals surface area (Å²) in [4.78, 5) is 12.1. The number of pyridine rings is 1. The fraction of sp³-hybridized carbons (Fsp3) is 0.250. The minimum Gasteiger partial charge on any atom is -0.382 e. The fourth-order valence-corrected chi connectivity index (χ4v) is 1.99. The van der Waals surface area contributed by atoms with Crippen LogP contribution in [0.15, 0.2) is 23.1 Å². The van der Waals surface area contributed by atoms with Crippen LogP contribution in [0.4, 0.5) is 23.1 Å². The summed E-state index contributed by atoms with van der Waals surface area (Å²) in [6.07, 6.45) is 3.39.